The first kappa shape index (κ1) is 33.8. The van der Waals surface area contributed by atoms with Crippen LogP contribution >= 0.6 is 0 Å². The Labute approximate surface area is 300 Å². The van der Waals surface area contributed by atoms with Crippen molar-refractivity contribution in [2.45, 2.75) is 79.2 Å². The van der Waals surface area contributed by atoms with Crippen molar-refractivity contribution in [2.75, 3.05) is 0 Å². The molecule has 0 bridgehead atoms. The van der Waals surface area contributed by atoms with E-state index in [0.717, 1.165) is 6.42 Å². The molecule has 1 heteroatoms. The predicted molar refractivity (Wildman–Crippen MR) is 216 cm³/mol. The van der Waals surface area contributed by atoms with Gasteiger partial charge in [0.25, 0.3) is 0 Å². The van der Waals surface area contributed by atoms with Gasteiger partial charge in [0.15, 0.2) is 0 Å². The number of benzene rings is 4. The van der Waals surface area contributed by atoms with Gasteiger partial charge in [0.1, 0.15) is 0 Å². The van der Waals surface area contributed by atoms with Crippen molar-refractivity contribution in [3.05, 3.63) is 187 Å². The van der Waals surface area contributed by atoms with E-state index in [-0.39, 0.29) is 22.8 Å². The lowest BCUT2D eigenvalue weighted by Crippen LogP contribution is -2.31. The molecule has 0 spiro atoms. The van der Waals surface area contributed by atoms with Gasteiger partial charge in [-0.25, -0.2) is 0 Å². The van der Waals surface area contributed by atoms with Gasteiger partial charge in [-0.1, -0.05) is 177 Å². The fourth-order valence-corrected chi connectivity index (χ4v) is 8.53. The lowest BCUT2D eigenvalue weighted by atomic mass is 9.64. The molecule has 4 aliphatic rings. The van der Waals surface area contributed by atoms with Crippen LogP contribution in [0.3, 0.4) is 0 Å². The van der Waals surface area contributed by atoms with E-state index in [9.17, 15) is 0 Å². The van der Waals surface area contributed by atoms with Crippen LogP contribution in [0.2, 0.25) is 0 Å². The minimum absolute atomic E-state index is 0.0254. The minimum Gasteiger partial charge on any atom is -0.321 e. The molecule has 4 aromatic rings. The van der Waals surface area contributed by atoms with Crippen LogP contribution in [0.25, 0.3) is 23.8 Å². The zero-order valence-corrected chi connectivity index (χ0v) is 31.1. The number of allylic oxidation sites excluding steroid dienone is 7. The molecule has 2 atom stereocenters. The number of aryl methyl sites for hydroxylation is 4. The summed E-state index contributed by atoms with van der Waals surface area (Å²) in [6.07, 6.45) is 24.4. The molecule has 4 aromatic carbocycles. The third-order valence-corrected chi connectivity index (χ3v) is 11.0. The first-order valence-corrected chi connectivity index (χ1v) is 18.4. The second kappa shape index (κ2) is 12.9. The summed E-state index contributed by atoms with van der Waals surface area (Å²) in [5.74, 6) is 0.132. The fraction of sp³-hybridized carbons (Fsp3) is 0.265. The molecule has 0 saturated heterocycles. The number of nitrogens with two attached hydrogens (primary N) is 1. The van der Waals surface area contributed by atoms with Gasteiger partial charge in [-0.3, -0.25) is 0 Å². The Kier molecular flexibility index (Phi) is 8.69. The molecule has 0 fully saturated rings. The van der Waals surface area contributed by atoms with Gasteiger partial charge in [0.2, 0.25) is 0 Å². The quantitative estimate of drug-likeness (QED) is 0.234. The van der Waals surface area contributed by atoms with E-state index < -0.39 is 0 Å². The maximum atomic E-state index is 6.62. The zero-order chi connectivity index (χ0) is 35.4. The molecule has 0 aliphatic heterocycles. The molecule has 2 N–H and O–H groups in total. The summed E-state index contributed by atoms with van der Waals surface area (Å²) in [6, 6.07) is 25.4. The first-order chi connectivity index (χ1) is 24.0. The molecule has 0 aromatic heterocycles. The van der Waals surface area contributed by atoms with E-state index in [2.05, 4.69) is 169 Å². The number of hydrogen-bond donors (Lipinski definition) is 1. The maximum absolute atomic E-state index is 6.62. The molecule has 252 valence electrons. The van der Waals surface area contributed by atoms with Gasteiger partial charge in [-0.2, -0.15) is 0 Å². The second-order valence-electron chi connectivity index (χ2n) is 15.2. The molecule has 4 aliphatic carbocycles. The van der Waals surface area contributed by atoms with E-state index in [0.29, 0.717) is 0 Å². The molecule has 50 heavy (non-hydrogen) atoms. The smallest absolute Gasteiger partial charge is 0.0425 e. The molecule has 0 saturated carbocycles. The van der Waals surface area contributed by atoms with Crippen LogP contribution in [0.4, 0.5) is 0 Å². The van der Waals surface area contributed by atoms with Crippen molar-refractivity contribution >= 4 is 23.8 Å². The number of fused-ring (bicyclic) bond motifs is 7. The summed E-state index contributed by atoms with van der Waals surface area (Å²) >= 11 is 0. The van der Waals surface area contributed by atoms with E-state index in [1.165, 1.54) is 83.5 Å². The van der Waals surface area contributed by atoms with Gasteiger partial charge >= 0.3 is 0 Å². The summed E-state index contributed by atoms with van der Waals surface area (Å²) in [6.45, 7) is 17.4. The molecule has 0 amide bonds. The van der Waals surface area contributed by atoms with E-state index >= 15 is 0 Å². The highest BCUT2D eigenvalue weighted by molar-refractivity contribution is 5.98. The van der Waals surface area contributed by atoms with Crippen molar-refractivity contribution in [3.8, 4) is 0 Å². The highest BCUT2D eigenvalue weighted by atomic mass is 14.6. The number of rotatable bonds is 3. The van der Waals surface area contributed by atoms with Crippen LogP contribution in [-0.4, -0.2) is 6.04 Å². The van der Waals surface area contributed by atoms with Gasteiger partial charge in [0, 0.05) is 22.8 Å². The first-order valence-electron chi connectivity index (χ1n) is 18.4. The van der Waals surface area contributed by atoms with Gasteiger partial charge in [0.05, 0.1) is 0 Å². The van der Waals surface area contributed by atoms with Crippen LogP contribution in [0.5, 0.6) is 0 Å². The standard InChI is InChI=1S/C47H45N.C2H6/c1-29-7-11-34(12-8-29)47(35-13-9-30(2)10-14-35)24-21-41-42(28-47)37-17-15-36(48)16-18-38(37)44-40-20-23-46(5,6)22-19-39(40)43(45(41)44)33-26-31(3)25-32(4)27-33;1-2/h7-27,36,43H,28,48H2,1-6H3;1-2H3. The Bertz CT molecular complexity index is 2090. The van der Waals surface area contributed by atoms with Crippen LogP contribution in [0.1, 0.15) is 106 Å². The van der Waals surface area contributed by atoms with Gasteiger partial charge in [-0.15, -0.1) is 0 Å². The Morgan fingerprint density at radius 3 is 1.76 bits per heavy atom. The lowest BCUT2D eigenvalue weighted by Gasteiger charge is -2.38. The van der Waals surface area contributed by atoms with E-state index in [1.807, 2.05) is 13.8 Å². The van der Waals surface area contributed by atoms with Crippen molar-refractivity contribution in [2.24, 2.45) is 11.1 Å². The molecule has 0 heterocycles. The Hall–Kier alpha value is -4.72. The molecule has 8 rings (SSSR count). The fourth-order valence-electron chi connectivity index (χ4n) is 8.53. The largest absolute Gasteiger partial charge is 0.321 e. The average molecular weight is 654 g/mol. The highest BCUT2D eigenvalue weighted by Gasteiger charge is 2.42. The Morgan fingerprint density at radius 1 is 0.600 bits per heavy atom. The Balaban J connectivity index is 0.00000193. The predicted octanol–water partition coefficient (Wildman–Crippen LogP) is 11.9. The minimum atomic E-state index is -0.301. The molecular formula is C49H51N. The van der Waals surface area contributed by atoms with Crippen molar-refractivity contribution in [1.29, 1.82) is 0 Å². The second-order valence-corrected chi connectivity index (χ2v) is 15.2. The van der Waals surface area contributed by atoms with Crippen LogP contribution in [0, 0.1) is 33.1 Å². The normalized spacial score (nSPS) is 20.3. The molecule has 1 nitrogen and oxygen atoms in total. The van der Waals surface area contributed by atoms with Crippen LogP contribution < -0.4 is 5.73 Å². The molecule has 0 radical (unpaired) electrons. The number of hydrogen-bond acceptors (Lipinski definition) is 1. The Morgan fingerprint density at radius 2 is 1.16 bits per heavy atom. The topological polar surface area (TPSA) is 26.0 Å². The maximum Gasteiger partial charge on any atom is 0.0425 e. The summed E-state index contributed by atoms with van der Waals surface area (Å²) in [5.41, 5.74) is 26.4. The lowest BCUT2D eigenvalue weighted by molar-refractivity contribution is 0.626. The van der Waals surface area contributed by atoms with E-state index in [4.69, 9.17) is 5.73 Å². The average Bonchev–Trinajstić information content (AvgIpc) is 3.16. The molecular weight excluding hydrogens is 603 g/mol. The SMILES string of the molecule is CC.Cc1ccc(C2(c3ccc(C)cc3)C=Cc3c(c4c(c5c3C(c3cc(C)cc(C)c3)C3=C5C=CC(C)(C)C=C3)C=CC(N)C=C4)C2)cc1. The van der Waals surface area contributed by atoms with Gasteiger partial charge in [-0.05, 0) is 95.3 Å². The van der Waals surface area contributed by atoms with Crippen molar-refractivity contribution < 1.29 is 0 Å². The summed E-state index contributed by atoms with van der Waals surface area (Å²) < 4.78 is 0. The molecule has 2 unspecified atom stereocenters. The van der Waals surface area contributed by atoms with Crippen molar-refractivity contribution in [1.82, 2.24) is 0 Å². The summed E-state index contributed by atoms with van der Waals surface area (Å²) in [4.78, 5) is 0. The van der Waals surface area contributed by atoms with Crippen molar-refractivity contribution in [3.63, 3.8) is 0 Å². The zero-order valence-electron chi connectivity index (χ0n) is 31.1. The third-order valence-electron chi connectivity index (χ3n) is 11.0. The van der Waals surface area contributed by atoms with Gasteiger partial charge < -0.3 is 5.73 Å². The van der Waals surface area contributed by atoms with Crippen LogP contribution in [0.15, 0.2) is 115 Å². The van der Waals surface area contributed by atoms with Crippen LogP contribution in [-0.2, 0) is 11.8 Å². The third kappa shape index (κ3) is 5.72. The monoisotopic (exact) mass is 653 g/mol. The summed E-state index contributed by atoms with van der Waals surface area (Å²) in [7, 11) is 0. The highest BCUT2D eigenvalue weighted by Crippen LogP contribution is 2.56. The summed E-state index contributed by atoms with van der Waals surface area (Å²) in [5, 5.41) is 0. The van der Waals surface area contributed by atoms with E-state index in [1.54, 1.807) is 0 Å².